The second-order valence-electron chi connectivity index (χ2n) is 6.69. The number of carbonyl (C=O) groups is 1. The number of hydrogen-bond donors (Lipinski definition) is 1. The Morgan fingerprint density at radius 3 is 2.59 bits per heavy atom. The summed E-state index contributed by atoms with van der Waals surface area (Å²) in [5, 5.41) is 3.22. The Hall–Kier alpha value is -1.83. The van der Waals surface area contributed by atoms with E-state index in [-0.39, 0.29) is 28.9 Å². The van der Waals surface area contributed by atoms with E-state index in [1.165, 1.54) is 25.0 Å². The van der Waals surface area contributed by atoms with E-state index in [4.69, 9.17) is 16.0 Å². The van der Waals surface area contributed by atoms with Gasteiger partial charge in [-0.05, 0) is 49.7 Å². The quantitative estimate of drug-likeness (QED) is 0.723. The molecule has 0 bridgehead atoms. The summed E-state index contributed by atoms with van der Waals surface area (Å²) in [6, 6.07) is 9.87. The molecule has 2 heterocycles. The lowest BCUT2D eigenvalue weighted by Crippen LogP contribution is -2.33. The molecule has 27 heavy (non-hydrogen) atoms. The maximum atomic E-state index is 12.4. The van der Waals surface area contributed by atoms with Gasteiger partial charge in [0.2, 0.25) is 0 Å². The first kappa shape index (κ1) is 19.9. The molecule has 1 fully saturated rings. The number of hydrogen-bond acceptors (Lipinski definition) is 5. The first-order chi connectivity index (χ1) is 12.9. The van der Waals surface area contributed by atoms with Crippen LogP contribution < -0.4 is 5.32 Å². The number of carbonyl (C=O) groups excluding carboxylic acids is 1. The molecule has 1 aliphatic rings. The fourth-order valence-corrected chi connectivity index (χ4v) is 4.82. The van der Waals surface area contributed by atoms with Gasteiger partial charge >= 0.3 is 0 Å². The summed E-state index contributed by atoms with van der Waals surface area (Å²) in [5.41, 5.74) is 0.547. The van der Waals surface area contributed by atoms with Crippen molar-refractivity contribution in [3.8, 4) is 0 Å². The molecule has 1 aliphatic heterocycles. The van der Waals surface area contributed by atoms with Crippen LogP contribution in [0.5, 0.6) is 0 Å². The SMILES string of the molecule is O=C(NCCN1CCCC1)c1ccc(CS(=O)(=O)Cc2ccccc2Cl)o1. The Kier molecular flexibility index (Phi) is 6.57. The van der Waals surface area contributed by atoms with Gasteiger partial charge in [0.15, 0.2) is 15.6 Å². The lowest BCUT2D eigenvalue weighted by Gasteiger charge is -2.14. The maximum Gasteiger partial charge on any atom is 0.287 e. The lowest BCUT2D eigenvalue weighted by molar-refractivity contribution is 0.0920. The van der Waals surface area contributed by atoms with Crippen LogP contribution in [0.15, 0.2) is 40.8 Å². The van der Waals surface area contributed by atoms with Crippen LogP contribution in [0.2, 0.25) is 5.02 Å². The van der Waals surface area contributed by atoms with Crippen molar-refractivity contribution in [3.05, 3.63) is 58.5 Å². The maximum absolute atomic E-state index is 12.4. The van der Waals surface area contributed by atoms with Crippen LogP contribution in [-0.2, 0) is 21.3 Å². The van der Waals surface area contributed by atoms with Crippen LogP contribution in [0.4, 0.5) is 0 Å². The number of likely N-dealkylation sites (tertiary alicyclic amines) is 1. The summed E-state index contributed by atoms with van der Waals surface area (Å²) in [6.45, 7) is 3.50. The first-order valence-electron chi connectivity index (χ1n) is 8.96. The molecule has 0 radical (unpaired) electrons. The van der Waals surface area contributed by atoms with Gasteiger partial charge in [0.05, 0.1) is 5.75 Å². The molecule has 1 saturated heterocycles. The molecule has 0 spiro atoms. The lowest BCUT2D eigenvalue weighted by atomic mass is 10.2. The van der Waals surface area contributed by atoms with Crippen LogP contribution in [0, 0.1) is 0 Å². The minimum Gasteiger partial charge on any atom is -0.455 e. The number of furan rings is 1. The Morgan fingerprint density at radius 2 is 1.85 bits per heavy atom. The molecule has 0 aliphatic carbocycles. The summed E-state index contributed by atoms with van der Waals surface area (Å²) < 4.78 is 30.2. The third-order valence-corrected chi connectivity index (χ3v) is 6.34. The minimum absolute atomic E-state index is 0.124. The van der Waals surface area contributed by atoms with Gasteiger partial charge < -0.3 is 14.6 Å². The summed E-state index contributed by atoms with van der Waals surface area (Å²) in [4.78, 5) is 14.4. The summed E-state index contributed by atoms with van der Waals surface area (Å²) in [7, 11) is -3.47. The van der Waals surface area contributed by atoms with Crippen LogP contribution in [0.3, 0.4) is 0 Å². The Balaban J connectivity index is 1.53. The highest BCUT2D eigenvalue weighted by molar-refractivity contribution is 7.89. The largest absolute Gasteiger partial charge is 0.455 e. The first-order valence-corrected chi connectivity index (χ1v) is 11.2. The number of rotatable bonds is 8. The fourth-order valence-electron chi connectivity index (χ4n) is 3.12. The van der Waals surface area contributed by atoms with Crippen molar-refractivity contribution >= 4 is 27.3 Å². The van der Waals surface area contributed by atoms with Gasteiger partial charge in [-0.25, -0.2) is 8.42 Å². The standard InChI is InChI=1S/C19H23ClN2O4S/c20-17-6-2-1-5-15(17)13-27(24,25)14-16-7-8-18(26-16)19(23)21-9-12-22-10-3-4-11-22/h1-2,5-8H,3-4,9-14H2,(H,21,23). The van der Waals surface area contributed by atoms with Gasteiger partial charge in [0.1, 0.15) is 11.5 Å². The van der Waals surface area contributed by atoms with Crippen molar-refractivity contribution in [3.63, 3.8) is 0 Å². The van der Waals surface area contributed by atoms with E-state index in [0.717, 1.165) is 19.6 Å². The van der Waals surface area contributed by atoms with E-state index in [9.17, 15) is 13.2 Å². The summed E-state index contributed by atoms with van der Waals surface area (Å²) in [5.74, 6) is -0.417. The molecule has 6 nitrogen and oxygen atoms in total. The Bertz CT molecular complexity index is 889. The molecule has 2 aromatic rings. The number of benzene rings is 1. The Labute approximate surface area is 164 Å². The van der Waals surface area contributed by atoms with E-state index < -0.39 is 9.84 Å². The molecule has 0 atom stereocenters. The normalized spacial score (nSPS) is 15.1. The zero-order valence-corrected chi connectivity index (χ0v) is 16.6. The van der Waals surface area contributed by atoms with Crippen molar-refractivity contribution in [1.29, 1.82) is 0 Å². The molecule has 1 aromatic heterocycles. The third-order valence-electron chi connectivity index (χ3n) is 4.49. The molecule has 1 amide bonds. The van der Waals surface area contributed by atoms with Gasteiger partial charge in [0, 0.05) is 18.1 Å². The van der Waals surface area contributed by atoms with E-state index in [0.29, 0.717) is 17.1 Å². The van der Waals surface area contributed by atoms with E-state index in [1.807, 2.05) is 0 Å². The highest BCUT2D eigenvalue weighted by Gasteiger charge is 2.19. The van der Waals surface area contributed by atoms with Gasteiger partial charge in [0.25, 0.3) is 5.91 Å². The van der Waals surface area contributed by atoms with Gasteiger partial charge in [-0.1, -0.05) is 29.8 Å². The molecule has 0 unspecified atom stereocenters. The van der Waals surface area contributed by atoms with E-state index >= 15 is 0 Å². The molecule has 1 N–H and O–H groups in total. The zero-order chi connectivity index (χ0) is 19.3. The monoisotopic (exact) mass is 410 g/mol. The van der Waals surface area contributed by atoms with Gasteiger partial charge in [-0.15, -0.1) is 0 Å². The molecule has 1 aromatic carbocycles. The fraction of sp³-hybridized carbons (Fsp3) is 0.421. The summed E-state index contributed by atoms with van der Waals surface area (Å²) >= 11 is 6.03. The second-order valence-corrected chi connectivity index (χ2v) is 9.17. The van der Waals surface area contributed by atoms with E-state index in [1.54, 1.807) is 24.3 Å². The summed E-state index contributed by atoms with van der Waals surface area (Å²) in [6.07, 6.45) is 2.41. The third kappa shape index (κ3) is 5.82. The van der Waals surface area contributed by atoms with Crippen molar-refractivity contribution in [2.24, 2.45) is 0 Å². The minimum atomic E-state index is -3.47. The molecular formula is C19H23ClN2O4S. The number of sulfone groups is 1. The number of halogens is 1. The zero-order valence-electron chi connectivity index (χ0n) is 15.0. The molecule has 0 saturated carbocycles. The predicted octanol–water partition coefficient (Wildman–Crippen LogP) is 2.87. The van der Waals surface area contributed by atoms with Crippen LogP contribution in [0.25, 0.3) is 0 Å². The smallest absolute Gasteiger partial charge is 0.287 e. The van der Waals surface area contributed by atoms with Crippen LogP contribution in [0.1, 0.15) is 34.7 Å². The molecule has 3 rings (SSSR count). The van der Waals surface area contributed by atoms with Crippen LogP contribution >= 0.6 is 11.6 Å². The molecule has 146 valence electrons. The average Bonchev–Trinajstić information content (AvgIpc) is 3.28. The average molecular weight is 411 g/mol. The van der Waals surface area contributed by atoms with Gasteiger partial charge in [-0.3, -0.25) is 4.79 Å². The van der Waals surface area contributed by atoms with Crippen molar-refractivity contribution in [2.75, 3.05) is 26.2 Å². The second kappa shape index (κ2) is 8.91. The highest BCUT2D eigenvalue weighted by Crippen LogP contribution is 2.20. The van der Waals surface area contributed by atoms with Crippen LogP contribution in [-0.4, -0.2) is 45.4 Å². The Morgan fingerprint density at radius 1 is 1.11 bits per heavy atom. The number of amides is 1. The predicted molar refractivity (Wildman–Crippen MR) is 104 cm³/mol. The van der Waals surface area contributed by atoms with Gasteiger partial charge in [-0.2, -0.15) is 0 Å². The van der Waals surface area contributed by atoms with Crippen molar-refractivity contribution in [2.45, 2.75) is 24.3 Å². The van der Waals surface area contributed by atoms with Crippen molar-refractivity contribution in [1.82, 2.24) is 10.2 Å². The molecule has 8 heteroatoms. The number of nitrogens with one attached hydrogen (secondary N) is 1. The number of nitrogens with zero attached hydrogens (tertiary/aromatic N) is 1. The highest BCUT2D eigenvalue weighted by atomic mass is 35.5. The van der Waals surface area contributed by atoms with E-state index in [2.05, 4.69) is 10.2 Å². The molecular weight excluding hydrogens is 388 g/mol. The topological polar surface area (TPSA) is 79.6 Å². The van der Waals surface area contributed by atoms with Crippen molar-refractivity contribution < 1.29 is 17.6 Å².